The Morgan fingerprint density at radius 3 is 2.75 bits per heavy atom. The maximum absolute atomic E-state index is 11.3. The lowest BCUT2D eigenvalue weighted by molar-refractivity contribution is -0.153. The molecule has 0 saturated heterocycles. The van der Waals surface area contributed by atoms with Crippen molar-refractivity contribution in [2.45, 2.75) is 26.4 Å². The smallest absolute Gasteiger partial charge is 0.309 e. The lowest BCUT2D eigenvalue weighted by atomic mass is 10.1. The number of carbonyl (C=O) groups excluding carboxylic acids is 2. The summed E-state index contributed by atoms with van der Waals surface area (Å²) in [7, 11) is 0. The Hall–Kier alpha value is -1.78. The summed E-state index contributed by atoms with van der Waals surface area (Å²) in [6.45, 7) is 3.31. The molecule has 1 atom stereocenters. The van der Waals surface area contributed by atoms with Crippen molar-refractivity contribution in [3.8, 4) is 0 Å². The van der Waals surface area contributed by atoms with Crippen molar-refractivity contribution < 1.29 is 23.5 Å². The zero-order valence-electron chi connectivity index (χ0n) is 9.26. The van der Waals surface area contributed by atoms with Crippen molar-refractivity contribution in [3.63, 3.8) is 0 Å². The van der Waals surface area contributed by atoms with Crippen LogP contribution < -0.4 is 0 Å². The standard InChI is InChI=1S/C11H14O5/c1-3-15-11(13)6-10(16-8(2)12)9-4-5-14-7-9/h4-5,7,10H,3,6H2,1-2H3. The molecule has 0 radical (unpaired) electrons. The van der Waals surface area contributed by atoms with E-state index in [1.807, 2.05) is 0 Å². The van der Waals surface area contributed by atoms with Gasteiger partial charge in [0.1, 0.15) is 6.10 Å². The number of furan rings is 1. The van der Waals surface area contributed by atoms with Crippen LogP contribution >= 0.6 is 0 Å². The van der Waals surface area contributed by atoms with E-state index in [1.165, 1.54) is 19.5 Å². The minimum atomic E-state index is -0.643. The van der Waals surface area contributed by atoms with Crippen LogP contribution in [0.4, 0.5) is 0 Å². The van der Waals surface area contributed by atoms with Crippen LogP contribution in [0, 0.1) is 0 Å². The van der Waals surface area contributed by atoms with E-state index < -0.39 is 18.0 Å². The second-order valence-corrected chi connectivity index (χ2v) is 3.16. The Morgan fingerprint density at radius 2 is 2.25 bits per heavy atom. The highest BCUT2D eigenvalue weighted by atomic mass is 16.6. The topological polar surface area (TPSA) is 65.7 Å². The highest BCUT2D eigenvalue weighted by molar-refractivity contribution is 5.71. The van der Waals surface area contributed by atoms with Crippen LogP contribution in [-0.4, -0.2) is 18.5 Å². The lowest BCUT2D eigenvalue weighted by Crippen LogP contribution is -2.14. The van der Waals surface area contributed by atoms with E-state index in [0.717, 1.165) is 0 Å². The molecule has 1 heterocycles. The molecule has 1 aromatic rings. The van der Waals surface area contributed by atoms with E-state index in [4.69, 9.17) is 13.9 Å². The Labute approximate surface area is 93.3 Å². The molecule has 0 aliphatic rings. The highest BCUT2D eigenvalue weighted by Crippen LogP contribution is 2.22. The molecule has 0 amide bonds. The van der Waals surface area contributed by atoms with Crippen molar-refractivity contribution >= 4 is 11.9 Å². The van der Waals surface area contributed by atoms with Crippen molar-refractivity contribution in [1.82, 2.24) is 0 Å². The van der Waals surface area contributed by atoms with Crippen LogP contribution in [0.25, 0.3) is 0 Å². The minimum absolute atomic E-state index is 0.00699. The number of carbonyl (C=O) groups is 2. The predicted octanol–water partition coefficient (Wildman–Crippen LogP) is 1.84. The first kappa shape index (κ1) is 12.3. The monoisotopic (exact) mass is 226 g/mol. The summed E-state index contributed by atoms with van der Waals surface area (Å²) in [6.07, 6.45) is 2.24. The number of hydrogen-bond donors (Lipinski definition) is 0. The molecular formula is C11H14O5. The van der Waals surface area contributed by atoms with Gasteiger partial charge in [-0.25, -0.2) is 0 Å². The molecule has 88 valence electrons. The van der Waals surface area contributed by atoms with Crippen molar-refractivity contribution in [1.29, 1.82) is 0 Å². The largest absolute Gasteiger partial charge is 0.472 e. The molecule has 0 N–H and O–H groups in total. The van der Waals surface area contributed by atoms with Crippen molar-refractivity contribution in [3.05, 3.63) is 24.2 Å². The summed E-state index contributed by atoms with van der Waals surface area (Å²) < 4.78 is 14.7. The molecule has 5 heteroatoms. The quantitative estimate of drug-likeness (QED) is 0.716. The first-order valence-corrected chi connectivity index (χ1v) is 4.98. The van der Waals surface area contributed by atoms with Gasteiger partial charge in [-0.2, -0.15) is 0 Å². The fourth-order valence-corrected chi connectivity index (χ4v) is 1.26. The van der Waals surface area contributed by atoms with Gasteiger partial charge in [-0.05, 0) is 13.0 Å². The summed E-state index contributed by atoms with van der Waals surface area (Å²) in [6, 6.07) is 1.65. The van der Waals surface area contributed by atoms with Gasteiger partial charge in [0.05, 0.1) is 25.6 Å². The van der Waals surface area contributed by atoms with Gasteiger partial charge in [-0.1, -0.05) is 0 Å². The van der Waals surface area contributed by atoms with Gasteiger partial charge in [-0.15, -0.1) is 0 Å². The fraction of sp³-hybridized carbons (Fsp3) is 0.455. The fourth-order valence-electron chi connectivity index (χ4n) is 1.26. The van der Waals surface area contributed by atoms with Gasteiger partial charge in [-0.3, -0.25) is 9.59 Å². The highest BCUT2D eigenvalue weighted by Gasteiger charge is 2.20. The molecule has 1 unspecified atom stereocenters. The van der Waals surface area contributed by atoms with Crippen LogP contribution in [0.5, 0.6) is 0 Å². The predicted molar refractivity (Wildman–Crippen MR) is 54.5 cm³/mol. The maximum Gasteiger partial charge on any atom is 0.309 e. The number of hydrogen-bond acceptors (Lipinski definition) is 5. The van der Waals surface area contributed by atoms with Crippen molar-refractivity contribution in [2.24, 2.45) is 0 Å². The lowest BCUT2D eigenvalue weighted by Gasteiger charge is -2.14. The Morgan fingerprint density at radius 1 is 1.50 bits per heavy atom. The van der Waals surface area contributed by atoms with Gasteiger partial charge < -0.3 is 13.9 Å². The van der Waals surface area contributed by atoms with Gasteiger partial charge in [0, 0.05) is 12.5 Å². The van der Waals surface area contributed by atoms with Crippen molar-refractivity contribution in [2.75, 3.05) is 6.61 Å². The second-order valence-electron chi connectivity index (χ2n) is 3.16. The van der Waals surface area contributed by atoms with Gasteiger partial charge in [0.2, 0.25) is 0 Å². The average Bonchev–Trinajstić information content (AvgIpc) is 2.68. The van der Waals surface area contributed by atoms with E-state index in [-0.39, 0.29) is 6.42 Å². The van der Waals surface area contributed by atoms with Crippen LogP contribution in [-0.2, 0) is 19.1 Å². The maximum atomic E-state index is 11.3. The molecule has 0 aromatic carbocycles. The van der Waals surface area contributed by atoms with E-state index in [0.29, 0.717) is 12.2 Å². The summed E-state index contributed by atoms with van der Waals surface area (Å²) in [4.78, 5) is 22.2. The molecule has 16 heavy (non-hydrogen) atoms. The normalized spacial score (nSPS) is 11.9. The molecule has 0 bridgehead atoms. The third kappa shape index (κ3) is 3.76. The Bertz CT molecular complexity index is 341. The van der Waals surface area contributed by atoms with Crippen LogP contribution in [0.3, 0.4) is 0 Å². The van der Waals surface area contributed by atoms with Gasteiger partial charge in [0.25, 0.3) is 0 Å². The summed E-state index contributed by atoms with van der Waals surface area (Å²) in [5.74, 6) is -0.856. The second kappa shape index (κ2) is 5.95. The van der Waals surface area contributed by atoms with Gasteiger partial charge >= 0.3 is 11.9 Å². The number of ether oxygens (including phenoxy) is 2. The molecule has 5 nitrogen and oxygen atoms in total. The van der Waals surface area contributed by atoms with E-state index >= 15 is 0 Å². The van der Waals surface area contributed by atoms with Crippen LogP contribution in [0.2, 0.25) is 0 Å². The molecular weight excluding hydrogens is 212 g/mol. The molecule has 0 spiro atoms. The first-order valence-electron chi connectivity index (χ1n) is 4.98. The van der Waals surface area contributed by atoms with E-state index in [9.17, 15) is 9.59 Å². The molecule has 0 saturated carbocycles. The summed E-state index contributed by atoms with van der Waals surface area (Å²) >= 11 is 0. The molecule has 1 rings (SSSR count). The zero-order chi connectivity index (χ0) is 12.0. The molecule has 0 fully saturated rings. The molecule has 0 aliphatic carbocycles. The number of rotatable bonds is 5. The van der Waals surface area contributed by atoms with Crippen LogP contribution in [0.15, 0.2) is 23.0 Å². The SMILES string of the molecule is CCOC(=O)CC(OC(C)=O)c1ccoc1. The molecule has 1 aromatic heterocycles. The minimum Gasteiger partial charge on any atom is -0.472 e. The Kier molecular flexibility index (Phi) is 4.57. The van der Waals surface area contributed by atoms with Crippen LogP contribution in [0.1, 0.15) is 31.9 Å². The average molecular weight is 226 g/mol. The third-order valence-corrected chi connectivity index (χ3v) is 1.88. The zero-order valence-corrected chi connectivity index (χ0v) is 9.26. The van der Waals surface area contributed by atoms with E-state index in [2.05, 4.69) is 0 Å². The Balaban J connectivity index is 2.65. The molecule has 0 aliphatic heterocycles. The van der Waals surface area contributed by atoms with E-state index in [1.54, 1.807) is 13.0 Å². The number of esters is 2. The summed E-state index contributed by atoms with van der Waals surface area (Å²) in [5, 5.41) is 0. The summed E-state index contributed by atoms with van der Waals surface area (Å²) in [5.41, 5.74) is 0.642. The first-order chi connectivity index (χ1) is 7.63. The third-order valence-electron chi connectivity index (χ3n) is 1.88. The van der Waals surface area contributed by atoms with Gasteiger partial charge in [0.15, 0.2) is 0 Å².